The van der Waals surface area contributed by atoms with Gasteiger partial charge in [0.25, 0.3) is 10.0 Å². The van der Waals surface area contributed by atoms with Gasteiger partial charge in [-0.3, -0.25) is 4.72 Å². The monoisotopic (exact) mass is 385 g/mol. The lowest BCUT2D eigenvalue weighted by Crippen LogP contribution is -2.13. The zero-order valence-corrected chi connectivity index (χ0v) is 16.4. The molecule has 0 spiro atoms. The fourth-order valence-corrected chi connectivity index (χ4v) is 3.73. The number of anilines is 1. The highest BCUT2D eigenvalue weighted by Crippen LogP contribution is 2.20. The lowest BCUT2D eigenvalue weighted by molar-refractivity contribution is 0.586. The van der Waals surface area contributed by atoms with Gasteiger partial charge >= 0.3 is 0 Å². The van der Waals surface area contributed by atoms with Crippen LogP contribution in [-0.4, -0.2) is 28.6 Å². The van der Waals surface area contributed by atoms with Crippen molar-refractivity contribution in [1.82, 2.24) is 20.2 Å². The van der Waals surface area contributed by atoms with Gasteiger partial charge in [-0.1, -0.05) is 32.0 Å². The smallest absolute Gasteiger partial charge is 0.261 e. The molecule has 1 heterocycles. The number of aryl methyl sites for hydroxylation is 2. The Kier molecular flexibility index (Phi) is 5.55. The van der Waals surface area contributed by atoms with Crippen molar-refractivity contribution in [2.24, 2.45) is 5.92 Å². The van der Waals surface area contributed by atoms with E-state index >= 15 is 0 Å². The van der Waals surface area contributed by atoms with Gasteiger partial charge in [-0.15, -0.1) is 5.10 Å². The molecule has 0 fully saturated rings. The van der Waals surface area contributed by atoms with Crippen LogP contribution in [0.1, 0.15) is 31.7 Å². The van der Waals surface area contributed by atoms with Crippen LogP contribution in [0.5, 0.6) is 0 Å². The molecule has 27 heavy (non-hydrogen) atoms. The lowest BCUT2D eigenvalue weighted by Gasteiger charge is -2.11. The summed E-state index contributed by atoms with van der Waals surface area (Å²) < 4.78 is 29.5. The first-order chi connectivity index (χ1) is 12.8. The van der Waals surface area contributed by atoms with Crippen LogP contribution in [0.25, 0.3) is 5.69 Å². The zero-order chi connectivity index (χ0) is 19.4. The molecule has 2 aromatic carbocycles. The van der Waals surface area contributed by atoms with Crippen LogP contribution < -0.4 is 4.72 Å². The van der Waals surface area contributed by atoms with Crippen LogP contribution in [0.4, 0.5) is 5.69 Å². The number of hydrogen-bond donors (Lipinski definition) is 1. The van der Waals surface area contributed by atoms with E-state index in [0.29, 0.717) is 23.1 Å². The van der Waals surface area contributed by atoms with E-state index < -0.39 is 10.0 Å². The van der Waals surface area contributed by atoms with E-state index in [9.17, 15) is 8.42 Å². The molecule has 0 aliphatic heterocycles. The lowest BCUT2D eigenvalue weighted by atomic mass is 10.0. The molecule has 0 aliphatic carbocycles. The van der Waals surface area contributed by atoms with Gasteiger partial charge in [0.05, 0.1) is 16.3 Å². The molecule has 8 heteroatoms. The summed E-state index contributed by atoms with van der Waals surface area (Å²) in [7, 11) is -3.67. The Morgan fingerprint density at radius 3 is 2.48 bits per heavy atom. The van der Waals surface area contributed by atoms with Crippen LogP contribution in [0, 0.1) is 12.8 Å². The van der Waals surface area contributed by atoms with Gasteiger partial charge < -0.3 is 0 Å². The van der Waals surface area contributed by atoms with Crippen LogP contribution in [0.3, 0.4) is 0 Å². The van der Waals surface area contributed by atoms with Crippen molar-refractivity contribution < 1.29 is 8.42 Å². The summed E-state index contributed by atoms with van der Waals surface area (Å²) in [6.45, 7) is 6.12. The second-order valence-corrected chi connectivity index (χ2v) is 8.55. The maximum Gasteiger partial charge on any atom is 0.261 e. The van der Waals surface area contributed by atoms with Crippen molar-refractivity contribution in [2.45, 2.75) is 38.5 Å². The molecule has 0 aliphatic rings. The number of hydrogen-bond acceptors (Lipinski definition) is 5. The maximum atomic E-state index is 12.7. The van der Waals surface area contributed by atoms with Crippen molar-refractivity contribution in [3.8, 4) is 5.69 Å². The largest absolute Gasteiger partial charge is 0.280 e. The highest BCUT2D eigenvalue weighted by molar-refractivity contribution is 7.92. The highest BCUT2D eigenvalue weighted by Gasteiger charge is 2.15. The number of tetrazole rings is 1. The van der Waals surface area contributed by atoms with E-state index in [1.54, 1.807) is 41.9 Å². The third kappa shape index (κ3) is 4.71. The standard InChI is InChI=1S/C19H23N5O2S/c1-14(2)7-8-16-9-11-19(12-10-16)27(25,26)21-17-5-4-6-18(13-17)24-15(3)20-22-23-24/h4-6,9-14,21H,7-8H2,1-3H3. The molecule has 3 rings (SSSR count). The molecule has 3 aromatic rings. The summed E-state index contributed by atoms with van der Waals surface area (Å²) in [5, 5.41) is 11.3. The summed E-state index contributed by atoms with van der Waals surface area (Å²) >= 11 is 0. The molecule has 142 valence electrons. The Hall–Kier alpha value is -2.74. The molecule has 1 N–H and O–H groups in total. The summed E-state index contributed by atoms with van der Waals surface area (Å²) in [4.78, 5) is 0.236. The first kappa shape index (κ1) is 19.0. The number of benzene rings is 2. The highest BCUT2D eigenvalue weighted by atomic mass is 32.2. The number of rotatable bonds is 7. The Balaban J connectivity index is 1.77. The maximum absolute atomic E-state index is 12.7. The van der Waals surface area contributed by atoms with E-state index in [2.05, 4.69) is 34.1 Å². The Bertz CT molecular complexity index is 1010. The third-order valence-electron chi connectivity index (χ3n) is 4.21. The van der Waals surface area contributed by atoms with Gasteiger partial charge in [-0.2, -0.15) is 4.68 Å². The minimum absolute atomic E-state index is 0.236. The average molecular weight is 385 g/mol. The van der Waals surface area contributed by atoms with Gasteiger partial charge in [0.1, 0.15) is 0 Å². The van der Waals surface area contributed by atoms with Crippen molar-refractivity contribution in [3.05, 3.63) is 59.9 Å². The summed E-state index contributed by atoms with van der Waals surface area (Å²) in [6.07, 6.45) is 2.02. The number of nitrogens with one attached hydrogen (secondary N) is 1. The van der Waals surface area contributed by atoms with E-state index in [0.717, 1.165) is 18.4 Å². The van der Waals surface area contributed by atoms with Crippen molar-refractivity contribution in [1.29, 1.82) is 0 Å². The van der Waals surface area contributed by atoms with Crippen LogP contribution >= 0.6 is 0 Å². The van der Waals surface area contributed by atoms with Gasteiger partial charge in [0.15, 0.2) is 5.82 Å². The van der Waals surface area contributed by atoms with Crippen LogP contribution in [0.15, 0.2) is 53.4 Å². The Labute approximate surface area is 159 Å². The second-order valence-electron chi connectivity index (χ2n) is 6.87. The van der Waals surface area contributed by atoms with Crippen LogP contribution in [-0.2, 0) is 16.4 Å². The quantitative estimate of drug-likeness (QED) is 0.673. The Morgan fingerprint density at radius 2 is 1.85 bits per heavy atom. The minimum Gasteiger partial charge on any atom is -0.280 e. The topological polar surface area (TPSA) is 89.8 Å². The van der Waals surface area contributed by atoms with Crippen molar-refractivity contribution in [3.63, 3.8) is 0 Å². The zero-order valence-electron chi connectivity index (χ0n) is 15.6. The first-order valence-corrected chi connectivity index (χ1v) is 10.3. The predicted molar refractivity (Wildman–Crippen MR) is 104 cm³/mol. The molecule has 7 nitrogen and oxygen atoms in total. The normalized spacial score (nSPS) is 11.7. The second kappa shape index (κ2) is 7.87. The fraction of sp³-hybridized carbons (Fsp3) is 0.316. The van der Waals surface area contributed by atoms with Gasteiger partial charge in [-0.05, 0) is 72.0 Å². The predicted octanol–water partition coefficient (Wildman–Crippen LogP) is 3.36. The van der Waals surface area contributed by atoms with Crippen LogP contribution in [0.2, 0.25) is 0 Å². The molecular weight excluding hydrogens is 362 g/mol. The van der Waals surface area contributed by atoms with Crippen molar-refractivity contribution >= 4 is 15.7 Å². The SMILES string of the molecule is Cc1nnnn1-c1cccc(NS(=O)(=O)c2ccc(CCC(C)C)cc2)c1. The minimum atomic E-state index is -3.67. The van der Waals surface area contributed by atoms with Crippen molar-refractivity contribution in [2.75, 3.05) is 4.72 Å². The molecule has 0 bridgehead atoms. The number of nitrogens with zero attached hydrogens (tertiary/aromatic N) is 4. The number of sulfonamides is 1. The van der Waals surface area contributed by atoms with Gasteiger partial charge in [0, 0.05) is 0 Å². The molecule has 1 aromatic heterocycles. The molecule has 0 amide bonds. The molecule has 0 saturated heterocycles. The van der Waals surface area contributed by atoms with E-state index in [1.807, 2.05) is 18.2 Å². The third-order valence-corrected chi connectivity index (χ3v) is 5.61. The molecule has 0 radical (unpaired) electrons. The summed E-state index contributed by atoms with van der Waals surface area (Å²) in [6, 6.07) is 14.0. The summed E-state index contributed by atoms with van der Waals surface area (Å²) in [5.74, 6) is 1.23. The molecule has 0 unspecified atom stereocenters. The molecular formula is C19H23N5O2S. The van der Waals surface area contributed by atoms with E-state index in [1.165, 1.54) is 0 Å². The van der Waals surface area contributed by atoms with E-state index in [-0.39, 0.29) is 4.90 Å². The molecule has 0 saturated carbocycles. The van der Waals surface area contributed by atoms with Gasteiger partial charge in [-0.25, -0.2) is 8.42 Å². The van der Waals surface area contributed by atoms with Gasteiger partial charge in [0.2, 0.25) is 0 Å². The molecule has 0 atom stereocenters. The first-order valence-electron chi connectivity index (χ1n) is 8.82. The van der Waals surface area contributed by atoms with E-state index in [4.69, 9.17) is 0 Å². The average Bonchev–Trinajstić information content (AvgIpc) is 3.06. The summed E-state index contributed by atoms with van der Waals surface area (Å²) in [5.41, 5.74) is 2.27. The Morgan fingerprint density at radius 1 is 1.11 bits per heavy atom. The fourth-order valence-electron chi connectivity index (χ4n) is 2.68. The number of aromatic nitrogens is 4.